The van der Waals surface area contributed by atoms with Gasteiger partial charge in [-0.1, -0.05) is 47.0 Å². The molecule has 0 heterocycles. The van der Waals surface area contributed by atoms with Crippen LogP contribution in [0.15, 0.2) is 28.7 Å². The minimum Gasteiger partial charge on any atom is -0.311 e. The van der Waals surface area contributed by atoms with Gasteiger partial charge in [-0.25, -0.2) is 0 Å². The van der Waals surface area contributed by atoms with Crippen molar-refractivity contribution >= 4 is 15.9 Å². The van der Waals surface area contributed by atoms with E-state index in [9.17, 15) is 0 Å². The SMILES string of the molecule is Brc1ccccc1C1CC(NC2CCCC2)C1. The van der Waals surface area contributed by atoms with Crippen LogP contribution < -0.4 is 5.32 Å². The number of rotatable bonds is 3. The third-order valence-electron chi connectivity index (χ3n) is 4.31. The molecule has 0 aromatic heterocycles. The summed E-state index contributed by atoms with van der Waals surface area (Å²) in [6, 6.07) is 10.3. The summed E-state index contributed by atoms with van der Waals surface area (Å²) in [5.74, 6) is 0.768. The minimum absolute atomic E-state index is 0.768. The standard InChI is InChI=1S/C15H20BrN/c16-15-8-4-3-7-14(15)11-9-13(10-11)17-12-5-1-2-6-12/h3-4,7-8,11-13,17H,1-2,5-6,9-10H2. The predicted molar refractivity (Wildman–Crippen MR) is 75.3 cm³/mol. The topological polar surface area (TPSA) is 12.0 Å². The van der Waals surface area contributed by atoms with E-state index in [-0.39, 0.29) is 0 Å². The lowest BCUT2D eigenvalue weighted by Gasteiger charge is -2.38. The maximum absolute atomic E-state index is 3.82. The van der Waals surface area contributed by atoms with Crippen LogP contribution in [0.4, 0.5) is 0 Å². The molecule has 3 rings (SSSR count). The van der Waals surface area contributed by atoms with Crippen molar-refractivity contribution in [3.8, 4) is 0 Å². The molecular formula is C15H20BrN. The van der Waals surface area contributed by atoms with Crippen LogP contribution >= 0.6 is 15.9 Å². The predicted octanol–water partition coefficient (Wildman–Crippen LogP) is 4.23. The van der Waals surface area contributed by atoms with E-state index in [4.69, 9.17) is 0 Å². The van der Waals surface area contributed by atoms with Crippen LogP contribution in [0.1, 0.15) is 50.0 Å². The van der Waals surface area contributed by atoms with Gasteiger partial charge in [-0.05, 0) is 43.2 Å². The molecular weight excluding hydrogens is 274 g/mol. The van der Waals surface area contributed by atoms with Crippen molar-refractivity contribution in [1.82, 2.24) is 5.32 Å². The molecule has 0 aliphatic heterocycles. The number of hydrogen-bond donors (Lipinski definition) is 1. The highest BCUT2D eigenvalue weighted by atomic mass is 79.9. The number of hydrogen-bond acceptors (Lipinski definition) is 1. The van der Waals surface area contributed by atoms with Crippen molar-refractivity contribution in [2.45, 2.75) is 56.5 Å². The highest BCUT2D eigenvalue weighted by Crippen LogP contribution is 2.40. The van der Waals surface area contributed by atoms with E-state index in [1.165, 1.54) is 48.6 Å². The highest BCUT2D eigenvalue weighted by Gasteiger charge is 2.32. The molecule has 92 valence electrons. The Morgan fingerprint density at radius 1 is 1.00 bits per heavy atom. The molecule has 2 heteroatoms. The average Bonchev–Trinajstić information content (AvgIpc) is 2.77. The van der Waals surface area contributed by atoms with Gasteiger partial charge in [-0.2, -0.15) is 0 Å². The van der Waals surface area contributed by atoms with E-state index in [1.54, 1.807) is 0 Å². The Balaban J connectivity index is 1.52. The van der Waals surface area contributed by atoms with Gasteiger partial charge in [0.2, 0.25) is 0 Å². The largest absolute Gasteiger partial charge is 0.311 e. The molecule has 1 nitrogen and oxygen atoms in total. The third-order valence-corrected chi connectivity index (χ3v) is 5.03. The van der Waals surface area contributed by atoms with Crippen LogP contribution in [0.3, 0.4) is 0 Å². The average molecular weight is 294 g/mol. The zero-order valence-corrected chi connectivity index (χ0v) is 11.7. The molecule has 1 aromatic carbocycles. The zero-order valence-electron chi connectivity index (χ0n) is 10.2. The number of benzene rings is 1. The van der Waals surface area contributed by atoms with Crippen molar-refractivity contribution in [2.75, 3.05) is 0 Å². The molecule has 0 atom stereocenters. The molecule has 0 unspecified atom stereocenters. The van der Waals surface area contributed by atoms with Crippen molar-refractivity contribution in [1.29, 1.82) is 0 Å². The molecule has 0 bridgehead atoms. The van der Waals surface area contributed by atoms with Gasteiger partial charge < -0.3 is 5.32 Å². The summed E-state index contributed by atoms with van der Waals surface area (Å²) in [5, 5.41) is 3.82. The van der Waals surface area contributed by atoms with E-state index < -0.39 is 0 Å². The summed E-state index contributed by atoms with van der Waals surface area (Å²) in [6.45, 7) is 0. The second kappa shape index (κ2) is 5.11. The van der Waals surface area contributed by atoms with Crippen LogP contribution in [0.5, 0.6) is 0 Å². The molecule has 17 heavy (non-hydrogen) atoms. The van der Waals surface area contributed by atoms with Crippen LogP contribution in [0.2, 0.25) is 0 Å². The second-order valence-electron chi connectivity index (χ2n) is 5.53. The number of halogens is 1. The third kappa shape index (κ3) is 2.58. The maximum Gasteiger partial charge on any atom is 0.0210 e. The lowest BCUT2D eigenvalue weighted by molar-refractivity contribution is 0.264. The molecule has 0 spiro atoms. The summed E-state index contributed by atoms with van der Waals surface area (Å²) < 4.78 is 1.28. The zero-order chi connectivity index (χ0) is 11.7. The van der Waals surface area contributed by atoms with E-state index in [1.807, 2.05) is 0 Å². The van der Waals surface area contributed by atoms with Gasteiger partial charge >= 0.3 is 0 Å². The van der Waals surface area contributed by atoms with Gasteiger partial charge in [0, 0.05) is 16.6 Å². The molecule has 2 saturated carbocycles. The molecule has 0 radical (unpaired) electrons. The highest BCUT2D eigenvalue weighted by molar-refractivity contribution is 9.10. The second-order valence-corrected chi connectivity index (χ2v) is 6.39. The normalized spacial score (nSPS) is 29.2. The molecule has 1 N–H and O–H groups in total. The first kappa shape index (κ1) is 11.7. The van der Waals surface area contributed by atoms with Crippen LogP contribution in [0.25, 0.3) is 0 Å². The van der Waals surface area contributed by atoms with E-state index in [0.29, 0.717) is 0 Å². The monoisotopic (exact) mass is 293 g/mol. The molecule has 0 amide bonds. The van der Waals surface area contributed by atoms with Gasteiger partial charge in [0.1, 0.15) is 0 Å². The van der Waals surface area contributed by atoms with Crippen molar-refractivity contribution in [3.63, 3.8) is 0 Å². The fraction of sp³-hybridized carbons (Fsp3) is 0.600. The van der Waals surface area contributed by atoms with Gasteiger partial charge in [0.05, 0.1) is 0 Å². The molecule has 1 aromatic rings. The molecule has 2 aliphatic carbocycles. The van der Waals surface area contributed by atoms with Crippen molar-refractivity contribution < 1.29 is 0 Å². The van der Waals surface area contributed by atoms with Gasteiger partial charge in [0.25, 0.3) is 0 Å². The summed E-state index contributed by atoms with van der Waals surface area (Å²) in [7, 11) is 0. The summed E-state index contributed by atoms with van der Waals surface area (Å²) in [6.07, 6.45) is 8.29. The summed E-state index contributed by atoms with van der Waals surface area (Å²) in [5.41, 5.74) is 1.50. The summed E-state index contributed by atoms with van der Waals surface area (Å²) in [4.78, 5) is 0. The van der Waals surface area contributed by atoms with E-state index >= 15 is 0 Å². The van der Waals surface area contributed by atoms with Crippen LogP contribution in [0, 0.1) is 0 Å². The minimum atomic E-state index is 0.768. The smallest absolute Gasteiger partial charge is 0.0210 e. The molecule has 0 saturated heterocycles. The maximum atomic E-state index is 3.82. The molecule has 2 fully saturated rings. The summed E-state index contributed by atoms with van der Waals surface area (Å²) >= 11 is 3.66. The van der Waals surface area contributed by atoms with Crippen LogP contribution in [-0.2, 0) is 0 Å². The molecule has 2 aliphatic rings. The van der Waals surface area contributed by atoms with Crippen molar-refractivity contribution in [3.05, 3.63) is 34.3 Å². The van der Waals surface area contributed by atoms with Gasteiger partial charge in [-0.15, -0.1) is 0 Å². The van der Waals surface area contributed by atoms with Crippen LogP contribution in [-0.4, -0.2) is 12.1 Å². The van der Waals surface area contributed by atoms with Gasteiger partial charge in [0.15, 0.2) is 0 Å². The lowest BCUT2D eigenvalue weighted by atomic mass is 9.75. The van der Waals surface area contributed by atoms with E-state index in [0.717, 1.165) is 18.0 Å². The Bertz CT molecular complexity index is 378. The quantitative estimate of drug-likeness (QED) is 0.879. The van der Waals surface area contributed by atoms with Crippen molar-refractivity contribution in [2.24, 2.45) is 0 Å². The first-order valence-corrected chi connectivity index (χ1v) is 7.62. The Morgan fingerprint density at radius 2 is 1.71 bits per heavy atom. The Hall–Kier alpha value is -0.340. The Kier molecular flexibility index (Phi) is 3.53. The lowest BCUT2D eigenvalue weighted by Crippen LogP contribution is -2.44. The fourth-order valence-electron chi connectivity index (χ4n) is 3.24. The Labute approximate surface area is 112 Å². The Morgan fingerprint density at radius 3 is 2.41 bits per heavy atom. The van der Waals surface area contributed by atoms with E-state index in [2.05, 4.69) is 45.5 Å². The first-order chi connectivity index (χ1) is 8.33. The fourth-order valence-corrected chi connectivity index (χ4v) is 3.85. The van der Waals surface area contributed by atoms with Gasteiger partial charge in [-0.3, -0.25) is 0 Å². The number of nitrogens with one attached hydrogen (secondary N) is 1. The first-order valence-electron chi connectivity index (χ1n) is 6.83.